The maximum Gasteiger partial charge on any atom is 0.469 e. The molecule has 0 saturated carbocycles. The van der Waals surface area contributed by atoms with Crippen molar-refractivity contribution in [2.24, 2.45) is 14.1 Å². The van der Waals surface area contributed by atoms with E-state index >= 15 is 0 Å². The van der Waals surface area contributed by atoms with E-state index in [4.69, 9.17) is 14.5 Å². The summed E-state index contributed by atoms with van der Waals surface area (Å²) in [6.45, 7) is -0.676. The molecule has 2 rings (SSSR count). The lowest BCUT2D eigenvalue weighted by atomic mass is 10.0. The lowest BCUT2D eigenvalue weighted by molar-refractivity contribution is -0.0230. The Morgan fingerprint density at radius 2 is 1.87 bits per heavy atom. The van der Waals surface area contributed by atoms with Gasteiger partial charge in [0.05, 0.1) is 12.2 Å². The van der Waals surface area contributed by atoms with Crippen molar-refractivity contribution < 1.29 is 33.8 Å². The highest BCUT2D eigenvalue weighted by Crippen LogP contribution is 2.38. The lowest BCUT2D eigenvalue weighted by Crippen LogP contribution is -2.40. The minimum absolute atomic E-state index is 0.0696. The predicted molar refractivity (Wildman–Crippen MR) is 74.5 cm³/mol. The Morgan fingerprint density at radius 3 is 2.43 bits per heavy atom. The molecular weight excluding hydrogens is 335 g/mol. The zero-order chi connectivity index (χ0) is 17.5. The molecule has 0 radical (unpaired) electrons. The summed E-state index contributed by atoms with van der Waals surface area (Å²) >= 11 is 0. The van der Waals surface area contributed by atoms with E-state index in [1.807, 2.05) is 0 Å². The largest absolute Gasteiger partial charge is 0.469 e. The highest BCUT2D eigenvalue weighted by atomic mass is 31.2. The molecule has 2 heterocycles. The second-order valence-electron chi connectivity index (χ2n) is 5.20. The number of hydrogen-bond acceptors (Lipinski definition) is 7. The van der Waals surface area contributed by atoms with Crippen LogP contribution in [0.2, 0.25) is 0 Å². The van der Waals surface area contributed by atoms with Crippen molar-refractivity contribution in [3.63, 3.8) is 0 Å². The molecule has 130 valence electrons. The minimum atomic E-state index is -4.77. The van der Waals surface area contributed by atoms with E-state index in [1.165, 1.54) is 20.3 Å². The Balaban J connectivity index is 2.30. The Kier molecular flexibility index (Phi) is 4.92. The first-order valence-corrected chi connectivity index (χ1v) is 8.04. The summed E-state index contributed by atoms with van der Waals surface area (Å²) in [5, 5.41) is 19.9. The van der Waals surface area contributed by atoms with Crippen LogP contribution in [-0.4, -0.2) is 54.1 Å². The average molecular weight is 352 g/mol. The van der Waals surface area contributed by atoms with Crippen LogP contribution < -0.4 is 11.2 Å². The molecule has 1 saturated heterocycles. The Morgan fingerprint density at radius 1 is 1.26 bits per heavy atom. The molecule has 1 aromatic heterocycles. The molecule has 0 aliphatic carbocycles. The lowest BCUT2D eigenvalue weighted by Gasteiger charge is -2.16. The number of rotatable bonds is 4. The van der Waals surface area contributed by atoms with Crippen LogP contribution in [0.4, 0.5) is 0 Å². The molecule has 1 fully saturated rings. The molecule has 12 heteroatoms. The SMILES string of the molecule is Cn1cc([C@@H]2O[C@H](COP(=O)(O)O)C(O)[C@H]2O)c(=O)n(C)c1=O. The maximum atomic E-state index is 12.1. The van der Waals surface area contributed by atoms with Gasteiger partial charge in [-0.15, -0.1) is 0 Å². The minimum Gasteiger partial charge on any atom is -0.387 e. The van der Waals surface area contributed by atoms with Crippen molar-refractivity contribution >= 4 is 7.82 Å². The smallest absolute Gasteiger partial charge is 0.387 e. The standard InChI is InChI=1S/C11H17N2O9P/c1-12-3-5(10(16)13(2)11(12)17)9-8(15)7(14)6(22-9)4-21-23(18,19)20/h3,6-9,14-15H,4H2,1-2H3,(H2,18,19,20)/t6-,7?,8-,9+/m1/s1. The maximum absolute atomic E-state index is 12.1. The van der Waals surface area contributed by atoms with Crippen LogP contribution in [-0.2, 0) is 27.9 Å². The number of aliphatic hydroxyl groups excluding tert-OH is 2. The van der Waals surface area contributed by atoms with Gasteiger partial charge in [0, 0.05) is 20.3 Å². The van der Waals surface area contributed by atoms with Crippen LogP contribution in [0.3, 0.4) is 0 Å². The van der Waals surface area contributed by atoms with Gasteiger partial charge in [-0.25, -0.2) is 9.36 Å². The van der Waals surface area contributed by atoms with E-state index in [2.05, 4.69) is 4.52 Å². The van der Waals surface area contributed by atoms with E-state index in [9.17, 15) is 24.4 Å². The molecule has 4 atom stereocenters. The van der Waals surface area contributed by atoms with Crippen LogP contribution >= 0.6 is 7.82 Å². The van der Waals surface area contributed by atoms with Gasteiger partial charge in [0.2, 0.25) is 0 Å². The second kappa shape index (κ2) is 6.29. The van der Waals surface area contributed by atoms with Crippen LogP contribution in [0, 0.1) is 0 Å². The van der Waals surface area contributed by atoms with E-state index in [0.717, 1.165) is 9.13 Å². The van der Waals surface area contributed by atoms with E-state index < -0.39 is 50.1 Å². The van der Waals surface area contributed by atoms with E-state index in [0.29, 0.717) is 0 Å². The Hall–Kier alpha value is -1.33. The molecule has 1 aliphatic rings. The number of aliphatic hydroxyl groups is 2. The summed E-state index contributed by atoms with van der Waals surface area (Å²) in [6.07, 6.45) is -4.37. The van der Waals surface area contributed by atoms with E-state index in [1.54, 1.807) is 0 Å². The summed E-state index contributed by atoms with van der Waals surface area (Å²) in [5.41, 5.74) is -1.35. The average Bonchev–Trinajstić information content (AvgIpc) is 2.74. The second-order valence-corrected chi connectivity index (χ2v) is 6.44. The summed E-state index contributed by atoms with van der Waals surface area (Å²) < 4.78 is 22.2. The summed E-state index contributed by atoms with van der Waals surface area (Å²) in [6, 6.07) is 0. The van der Waals surface area contributed by atoms with Gasteiger partial charge in [0.15, 0.2) is 0 Å². The quantitative estimate of drug-likeness (QED) is 0.424. The summed E-state index contributed by atoms with van der Waals surface area (Å²) in [5.74, 6) is 0. The molecule has 4 N–H and O–H groups in total. The monoisotopic (exact) mass is 352 g/mol. The van der Waals surface area contributed by atoms with Gasteiger partial charge >= 0.3 is 13.5 Å². The molecule has 11 nitrogen and oxygen atoms in total. The molecule has 0 spiro atoms. The number of phosphoric acid groups is 1. The van der Waals surface area contributed by atoms with Gasteiger partial charge in [-0.05, 0) is 0 Å². The number of nitrogens with zero attached hydrogens (tertiary/aromatic N) is 2. The number of aromatic nitrogens is 2. The number of phosphoric ester groups is 1. The van der Waals surface area contributed by atoms with Crippen molar-refractivity contribution in [2.45, 2.75) is 24.4 Å². The Bertz CT molecular complexity index is 751. The number of ether oxygens (including phenoxy) is 1. The first-order valence-electron chi connectivity index (χ1n) is 6.51. The zero-order valence-electron chi connectivity index (χ0n) is 12.3. The van der Waals surface area contributed by atoms with Gasteiger partial charge in [-0.2, -0.15) is 0 Å². The van der Waals surface area contributed by atoms with Crippen molar-refractivity contribution in [1.29, 1.82) is 0 Å². The van der Waals surface area contributed by atoms with Crippen LogP contribution in [0.5, 0.6) is 0 Å². The molecule has 1 unspecified atom stereocenters. The fourth-order valence-electron chi connectivity index (χ4n) is 2.35. The third-order valence-corrected chi connectivity index (χ3v) is 4.03. The van der Waals surface area contributed by atoms with Gasteiger partial charge in [0.1, 0.15) is 24.4 Å². The molecule has 23 heavy (non-hydrogen) atoms. The van der Waals surface area contributed by atoms with E-state index in [-0.39, 0.29) is 5.56 Å². The van der Waals surface area contributed by atoms with Crippen molar-refractivity contribution in [2.75, 3.05) is 6.61 Å². The van der Waals surface area contributed by atoms with Crippen LogP contribution in [0.15, 0.2) is 15.8 Å². The first-order chi connectivity index (χ1) is 10.5. The third-order valence-electron chi connectivity index (χ3n) is 3.55. The van der Waals surface area contributed by atoms with Crippen LogP contribution in [0.25, 0.3) is 0 Å². The first kappa shape index (κ1) is 18.0. The number of hydrogen-bond donors (Lipinski definition) is 4. The number of aryl methyl sites for hydroxylation is 1. The Labute approximate surface area is 129 Å². The molecule has 0 amide bonds. The molecule has 0 aromatic carbocycles. The zero-order valence-corrected chi connectivity index (χ0v) is 13.2. The summed E-state index contributed by atoms with van der Waals surface area (Å²) in [7, 11) is -2.12. The molecule has 1 aromatic rings. The highest BCUT2D eigenvalue weighted by molar-refractivity contribution is 7.46. The van der Waals surface area contributed by atoms with Crippen molar-refractivity contribution in [1.82, 2.24) is 9.13 Å². The van der Waals surface area contributed by atoms with Gasteiger partial charge in [-0.1, -0.05) is 0 Å². The highest BCUT2D eigenvalue weighted by Gasteiger charge is 2.45. The van der Waals surface area contributed by atoms with Gasteiger partial charge in [-0.3, -0.25) is 13.9 Å². The fourth-order valence-corrected chi connectivity index (χ4v) is 2.69. The predicted octanol–water partition coefficient (Wildman–Crippen LogP) is -2.64. The molecule has 1 aliphatic heterocycles. The van der Waals surface area contributed by atoms with Crippen LogP contribution in [0.1, 0.15) is 11.7 Å². The third kappa shape index (κ3) is 3.61. The van der Waals surface area contributed by atoms with Crippen molar-refractivity contribution in [3.05, 3.63) is 32.6 Å². The topological polar surface area (TPSA) is 160 Å². The van der Waals surface area contributed by atoms with Gasteiger partial charge < -0.3 is 29.3 Å². The molecular formula is C11H17N2O9P. The summed E-state index contributed by atoms with van der Waals surface area (Å²) in [4.78, 5) is 41.1. The normalized spacial score (nSPS) is 28.3. The van der Waals surface area contributed by atoms with Crippen molar-refractivity contribution in [3.8, 4) is 0 Å². The van der Waals surface area contributed by atoms with Gasteiger partial charge in [0.25, 0.3) is 5.56 Å². The molecule has 0 bridgehead atoms. The fraction of sp³-hybridized carbons (Fsp3) is 0.636.